The van der Waals surface area contributed by atoms with Crippen molar-refractivity contribution in [3.63, 3.8) is 0 Å². The third kappa shape index (κ3) is 3.96. The fourth-order valence-electron chi connectivity index (χ4n) is 3.07. The second-order valence-corrected chi connectivity index (χ2v) is 6.69. The highest BCUT2D eigenvalue weighted by Gasteiger charge is 2.10. The Morgan fingerprint density at radius 2 is 1.88 bits per heavy atom. The quantitative estimate of drug-likeness (QED) is 0.419. The van der Waals surface area contributed by atoms with Crippen LogP contribution >= 0.6 is 0 Å². The summed E-state index contributed by atoms with van der Waals surface area (Å²) in [6.07, 6.45) is 4.34. The zero-order valence-electron chi connectivity index (χ0n) is 15.8. The molecule has 0 spiro atoms. The van der Waals surface area contributed by atoms with Gasteiger partial charge in [0, 0.05) is 13.0 Å². The van der Waals surface area contributed by atoms with Gasteiger partial charge in [-0.05, 0) is 62.1 Å². The van der Waals surface area contributed by atoms with Gasteiger partial charge in [-0.2, -0.15) is 0 Å². The van der Waals surface area contributed by atoms with Gasteiger partial charge < -0.3 is 9.30 Å². The van der Waals surface area contributed by atoms with Gasteiger partial charge in [0.05, 0.1) is 29.5 Å². The van der Waals surface area contributed by atoms with E-state index in [2.05, 4.69) is 35.5 Å². The van der Waals surface area contributed by atoms with Crippen LogP contribution in [-0.2, 0) is 6.54 Å². The molecule has 0 N–H and O–H groups in total. The van der Waals surface area contributed by atoms with E-state index in [1.165, 1.54) is 16.6 Å². The molecule has 1 heterocycles. The van der Waals surface area contributed by atoms with Gasteiger partial charge in [-0.25, -0.2) is 4.98 Å². The number of carbonyl (C=O) groups is 1. The van der Waals surface area contributed by atoms with Crippen molar-refractivity contribution in [2.45, 2.75) is 46.6 Å². The number of fused-ring (bicyclic) bond motifs is 1. The number of benzene rings is 2. The Hall–Kier alpha value is -2.62. The van der Waals surface area contributed by atoms with Crippen LogP contribution in [0.25, 0.3) is 11.0 Å². The van der Waals surface area contributed by atoms with Crippen molar-refractivity contribution in [3.05, 3.63) is 59.4 Å². The number of Topliss-reactive ketones (excluding diaryl/α,β-unsaturated/α-hetero) is 1. The van der Waals surface area contributed by atoms with Gasteiger partial charge in [-0.1, -0.05) is 19.1 Å². The van der Waals surface area contributed by atoms with Crippen molar-refractivity contribution < 1.29 is 9.53 Å². The average molecular weight is 350 g/mol. The van der Waals surface area contributed by atoms with Crippen LogP contribution in [0.15, 0.2) is 42.7 Å². The number of imidazole rings is 1. The molecule has 136 valence electrons. The molecule has 0 aliphatic heterocycles. The van der Waals surface area contributed by atoms with Crippen molar-refractivity contribution >= 4 is 16.8 Å². The Kier molecular flexibility index (Phi) is 5.71. The number of ether oxygens (including phenoxy) is 1. The minimum Gasteiger partial charge on any atom is -0.493 e. The third-order valence-electron chi connectivity index (χ3n) is 4.80. The standard InChI is InChI=1S/C22H26N2O2/c1-4-21(25)18-9-5-6-10-22(18)26-12-8-7-11-24-15-23-19-13-16(2)17(3)14-20(19)24/h5-6,9-10,13-15H,4,7-8,11-12H2,1-3H3. The first-order valence-corrected chi connectivity index (χ1v) is 9.27. The summed E-state index contributed by atoms with van der Waals surface area (Å²) in [4.78, 5) is 16.5. The van der Waals surface area contributed by atoms with E-state index in [0.29, 0.717) is 24.3 Å². The zero-order valence-corrected chi connectivity index (χ0v) is 15.8. The molecule has 0 aliphatic rings. The van der Waals surface area contributed by atoms with E-state index in [0.717, 1.165) is 24.9 Å². The van der Waals surface area contributed by atoms with Crippen LogP contribution in [0.1, 0.15) is 47.7 Å². The van der Waals surface area contributed by atoms with Crippen LogP contribution in [0.2, 0.25) is 0 Å². The highest BCUT2D eigenvalue weighted by Crippen LogP contribution is 2.21. The second-order valence-electron chi connectivity index (χ2n) is 6.69. The van der Waals surface area contributed by atoms with Crippen LogP contribution in [-0.4, -0.2) is 21.9 Å². The summed E-state index contributed by atoms with van der Waals surface area (Å²) in [5.41, 5.74) is 5.49. The number of unbranched alkanes of at least 4 members (excludes halogenated alkanes) is 1. The fourth-order valence-corrected chi connectivity index (χ4v) is 3.07. The summed E-state index contributed by atoms with van der Waals surface area (Å²) in [6, 6.07) is 11.8. The van der Waals surface area contributed by atoms with Crippen molar-refractivity contribution in [2.24, 2.45) is 0 Å². The van der Waals surface area contributed by atoms with Crippen molar-refractivity contribution in [2.75, 3.05) is 6.61 Å². The Bertz CT molecular complexity index is 912. The van der Waals surface area contributed by atoms with Crippen molar-refractivity contribution in [3.8, 4) is 5.75 Å². The number of nitrogens with zero attached hydrogens (tertiary/aromatic N) is 2. The molecule has 0 saturated heterocycles. The van der Waals surface area contributed by atoms with E-state index in [-0.39, 0.29) is 5.78 Å². The molecule has 0 unspecified atom stereocenters. The number of hydrogen-bond acceptors (Lipinski definition) is 3. The van der Waals surface area contributed by atoms with Gasteiger partial charge in [0.1, 0.15) is 5.75 Å². The molecule has 2 aromatic carbocycles. The van der Waals surface area contributed by atoms with Crippen molar-refractivity contribution in [1.82, 2.24) is 9.55 Å². The maximum Gasteiger partial charge on any atom is 0.166 e. The number of ketones is 1. The number of para-hydroxylation sites is 1. The fraction of sp³-hybridized carbons (Fsp3) is 0.364. The van der Waals surface area contributed by atoms with E-state index in [1.54, 1.807) is 0 Å². The van der Waals surface area contributed by atoms with Crippen LogP contribution in [0.3, 0.4) is 0 Å². The van der Waals surface area contributed by atoms with E-state index < -0.39 is 0 Å². The third-order valence-corrected chi connectivity index (χ3v) is 4.80. The van der Waals surface area contributed by atoms with Crippen LogP contribution in [0, 0.1) is 13.8 Å². The lowest BCUT2D eigenvalue weighted by Gasteiger charge is -2.10. The summed E-state index contributed by atoms with van der Waals surface area (Å²) >= 11 is 0. The minimum absolute atomic E-state index is 0.121. The molecule has 3 rings (SSSR count). The normalized spacial score (nSPS) is 11.0. The molecule has 4 nitrogen and oxygen atoms in total. The first kappa shape index (κ1) is 18.2. The highest BCUT2D eigenvalue weighted by atomic mass is 16.5. The van der Waals surface area contributed by atoms with Crippen LogP contribution in [0.4, 0.5) is 0 Å². The lowest BCUT2D eigenvalue weighted by Crippen LogP contribution is -2.05. The summed E-state index contributed by atoms with van der Waals surface area (Å²) in [5, 5.41) is 0. The molecule has 0 radical (unpaired) electrons. The first-order chi connectivity index (χ1) is 12.6. The number of carbonyl (C=O) groups excluding carboxylic acids is 1. The van der Waals surface area contributed by atoms with Gasteiger partial charge in [0.25, 0.3) is 0 Å². The first-order valence-electron chi connectivity index (χ1n) is 9.27. The van der Waals surface area contributed by atoms with Crippen LogP contribution < -0.4 is 4.74 Å². The molecule has 4 heteroatoms. The lowest BCUT2D eigenvalue weighted by molar-refractivity contribution is 0.0984. The molecule has 0 saturated carbocycles. The van der Waals surface area contributed by atoms with E-state index >= 15 is 0 Å². The van der Waals surface area contributed by atoms with E-state index in [4.69, 9.17) is 4.74 Å². The van der Waals surface area contributed by atoms with E-state index in [9.17, 15) is 4.79 Å². The van der Waals surface area contributed by atoms with Gasteiger partial charge in [0.2, 0.25) is 0 Å². The summed E-state index contributed by atoms with van der Waals surface area (Å²) in [7, 11) is 0. The Balaban J connectivity index is 1.54. The molecule has 26 heavy (non-hydrogen) atoms. The second kappa shape index (κ2) is 8.17. The molecule has 0 atom stereocenters. The lowest BCUT2D eigenvalue weighted by atomic mass is 10.1. The van der Waals surface area contributed by atoms with Gasteiger partial charge in [-0.3, -0.25) is 4.79 Å². The van der Waals surface area contributed by atoms with Gasteiger partial charge >= 0.3 is 0 Å². The maximum absolute atomic E-state index is 12.0. The molecule has 0 aliphatic carbocycles. The van der Waals surface area contributed by atoms with Gasteiger partial charge in [0.15, 0.2) is 5.78 Å². The molecular weight excluding hydrogens is 324 g/mol. The summed E-state index contributed by atoms with van der Waals surface area (Å²) in [5.74, 6) is 0.815. The van der Waals surface area contributed by atoms with Crippen molar-refractivity contribution in [1.29, 1.82) is 0 Å². The zero-order chi connectivity index (χ0) is 18.5. The summed E-state index contributed by atoms with van der Waals surface area (Å²) < 4.78 is 8.06. The molecule has 3 aromatic rings. The predicted octanol–water partition coefficient (Wildman–Crippen LogP) is 5.11. The average Bonchev–Trinajstić information content (AvgIpc) is 3.03. The molecule has 0 amide bonds. The smallest absolute Gasteiger partial charge is 0.166 e. The SMILES string of the molecule is CCC(=O)c1ccccc1OCCCCn1cnc2cc(C)c(C)cc21. The monoisotopic (exact) mass is 350 g/mol. The Morgan fingerprint density at radius 1 is 1.12 bits per heavy atom. The number of rotatable bonds is 8. The number of aromatic nitrogens is 2. The number of aryl methyl sites for hydroxylation is 3. The number of hydrogen-bond donors (Lipinski definition) is 0. The Labute approximate surface area is 154 Å². The van der Waals surface area contributed by atoms with Crippen LogP contribution in [0.5, 0.6) is 5.75 Å². The molecule has 0 fully saturated rings. The van der Waals surface area contributed by atoms with Gasteiger partial charge in [-0.15, -0.1) is 0 Å². The topological polar surface area (TPSA) is 44.1 Å². The van der Waals surface area contributed by atoms with E-state index in [1.807, 2.05) is 37.5 Å². The maximum atomic E-state index is 12.0. The molecular formula is C22H26N2O2. The highest BCUT2D eigenvalue weighted by molar-refractivity contribution is 5.98. The predicted molar refractivity (Wildman–Crippen MR) is 105 cm³/mol. The Morgan fingerprint density at radius 3 is 2.69 bits per heavy atom. The largest absolute Gasteiger partial charge is 0.493 e. The molecule has 0 bridgehead atoms. The minimum atomic E-state index is 0.121. The molecule has 1 aromatic heterocycles. The summed E-state index contributed by atoms with van der Waals surface area (Å²) in [6.45, 7) is 7.65.